The van der Waals surface area contributed by atoms with Crippen molar-refractivity contribution in [1.82, 2.24) is 0 Å². The lowest BCUT2D eigenvalue weighted by atomic mass is 9.66. The van der Waals surface area contributed by atoms with Crippen LogP contribution in [-0.4, -0.2) is 53.8 Å². The van der Waals surface area contributed by atoms with E-state index in [1.54, 1.807) is 0 Å². The van der Waals surface area contributed by atoms with Crippen molar-refractivity contribution in [1.29, 1.82) is 0 Å². The molecule has 10 heteroatoms. The van der Waals surface area contributed by atoms with E-state index >= 15 is 0 Å². The molecule has 2 aliphatic carbocycles. The molecule has 0 radical (unpaired) electrons. The number of aliphatic hydroxyl groups excluding tert-OH is 2. The minimum Gasteiger partial charge on any atom is -0.507 e. The van der Waals surface area contributed by atoms with Gasteiger partial charge in [-0.05, 0) is 64.8 Å². The third-order valence-corrected chi connectivity index (χ3v) is 7.69. The summed E-state index contributed by atoms with van der Waals surface area (Å²) >= 11 is 0. The second-order valence-corrected chi connectivity index (χ2v) is 10.9. The van der Waals surface area contributed by atoms with E-state index in [-0.39, 0.29) is 33.4 Å². The predicted molar refractivity (Wildman–Crippen MR) is 139 cm³/mol. The van der Waals surface area contributed by atoms with Crippen LogP contribution in [0.1, 0.15) is 90.9 Å². The predicted octanol–water partition coefficient (Wildman–Crippen LogP) is 4.26. The SMILES string of the molecule is CC(=O)c1c(O)cc2c(c1O)C(O)=C(CC1=C(O)c3c(cc(O)c(C(C)=O)c3O)C(C)(C)C1=O)C(=O)C2(C)C. The number of aliphatic hydroxyl groups is 2. The maximum atomic E-state index is 13.6. The van der Waals surface area contributed by atoms with Gasteiger partial charge in [0.25, 0.3) is 0 Å². The molecule has 0 amide bonds. The van der Waals surface area contributed by atoms with E-state index in [2.05, 4.69) is 0 Å². The van der Waals surface area contributed by atoms with Crippen LogP contribution >= 0.6 is 0 Å². The highest BCUT2D eigenvalue weighted by atomic mass is 16.3. The van der Waals surface area contributed by atoms with Crippen LogP contribution in [0.25, 0.3) is 11.5 Å². The molecule has 0 bridgehead atoms. The Bertz CT molecular complexity index is 1500. The Hall–Kier alpha value is -4.60. The van der Waals surface area contributed by atoms with Gasteiger partial charge in [0, 0.05) is 17.6 Å². The molecule has 0 fully saturated rings. The average Bonchev–Trinajstić information content (AvgIpc) is 2.80. The van der Waals surface area contributed by atoms with Crippen molar-refractivity contribution in [3.8, 4) is 23.0 Å². The van der Waals surface area contributed by atoms with Crippen LogP contribution in [0.5, 0.6) is 23.0 Å². The molecule has 0 atom stereocenters. The maximum Gasteiger partial charge on any atom is 0.172 e. The van der Waals surface area contributed by atoms with Crippen molar-refractivity contribution >= 4 is 34.7 Å². The summed E-state index contributed by atoms with van der Waals surface area (Å²) in [4.78, 5) is 51.4. The number of hydrogen-bond acceptors (Lipinski definition) is 10. The highest BCUT2D eigenvalue weighted by Gasteiger charge is 2.47. The molecule has 204 valence electrons. The van der Waals surface area contributed by atoms with Gasteiger partial charge in [-0.3, -0.25) is 19.2 Å². The number of ketones is 4. The van der Waals surface area contributed by atoms with Crippen molar-refractivity contribution in [2.45, 2.75) is 58.8 Å². The molecule has 0 unspecified atom stereocenters. The fraction of sp³-hybridized carbons (Fsp3) is 0.310. The zero-order valence-corrected chi connectivity index (χ0v) is 22.2. The van der Waals surface area contributed by atoms with Gasteiger partial charge in [0.15, 0.2) is 23.1 Å². The molecule has 2 aliphatic rings. The second kappa shape index (κ2) is 8.45. The van der Waals surface area contributed by atoms with E-state index in [9.17, 15) is 49.8 Å². The molecule has 0 spiro atoms. The van der Waals surface area contributed by atoms with Crippen LogP contribution in [0.3, 0.4) is 0 Å². The minimum atomic E-state index is -1.45. The molecule has 0 aliphatic heterocycles. The van der Waals surface area contributed by atoms with E-state index in [1.165, 1.54) is 27.7 Å². The molecule has 0 saturated carbocycles. The number of allylic oxidation sites excluding steroid dienone is 2. The number of rotatable bonds is 4. The zero-order valence-electron chi connectivity index (χ0n) is 22.2. The Balaban J connectivity index is 2.03. The van der Waals surface area contributed by atoms with Crippen molar-refractivity contribution in [3.63, 3.8) is 0 Å². The number of aromatic hydroxyl groups is 4. The van der Waals surface area contributed by atoms with E-state index in [4.69, 9.17) is 0 Å². The van der Waals surface area contributed by atoms with E-state index in [1.807, 2.05) is 0 Å². The van der Waals surface area contributed by atoms with Gasteiger partial charge < -0.3 is 30.6 Å². The van der Waals surface area contributed by atoms with Crippen LogP contribution in [-0.2, 0) is 20.4 Å². The lowest BCUT2D eigenvalue weighted by Crippen LogP contribution is -2.38. The van der Waals surface area contributed by atoms with E-state index in [0.717, 1.165) is 26.0 Å². The molecule has 0 heterocycles. The Labute approximate surface area is 223 Å². The molecule has 39 heavy (non-hydrogen) atoms. The summed E-state index contributed by atoms with van der Waals surface area (Å²) in [5, 5.41) is 64.8. The number of carbonyl (C=O) groups is 4. The minimum absolute atomic E-state index is 0.0480. The van der Waals surface area contributed by atoms with Crippen molar-refractivity contribution in [2.24, 2.45) is 0 Å². The molecule has 4 rings (SSSR count). The first-order valence-corrected chi connectivity index (χ1v) is 12.0. The highest BCUT2D eigenvalue weighted by molar-refractivity contribution is 6.17. The van der Waals surface area contributed by atoms with Gasteiger partial charge in [0.1, 0.15) is 45.6 Å². The third kappa shape index (κ3) is 3.62. The first-order chi connectivity index (χ1) is 17.9. The van der Waals surface area contributed by atoms with Gasteiger partial charge >= 0.3 is 0 Å². The first kappa shape index (κ1) is 27.4. The number of Topliss-reactive ketones (excluding diaryl/α,β-unsaturated/α-hetero) is 4. The van der Waals surface area contributed by atoms with Gasteiger partial charge in [-0.25, -0.2) is 0 Å². The van der Waals surface area contributed by atoms with Gasteiger partial charge in [-0.15, -0.1) is 0 Å². The second-order valence-electron chi connectivity index (χ2n) is 10.9. The largest absolute Gasteiger partial charge is 0.507 e. The molecule has 0 saturated heterocycles. The fourth-order valence-electron chi connectivity index (χ4n) is 5.49. The number of benzene rings is 2. The quantitative estimate of drug-likeness (QED) is 0.308. The molecule has 10 nitrogen and oxygen atoms in total. The maximum absolute atomic E-state index is 13.6. The lowest BCUT2D eigenvalue weighted by Gasteiger charge is -2.36. The van der Waals surface area contributed by atoms with Gasteiger partial charge in [-0.2, -0.15) is 0 Å². The Morgan fingerprint density at radius 1 is 0.641 bits per heavy atom. The number of carbonyl (C=O) groups excluding carboxylic acids is 4. The first-order valence-electron chi connectivity index (χ1n) is 12.0. The number of hydrogen-bond donors (Lipinski definition) is 6. The van der Waals surface area contributed by atoms with Crippen LogP contribution in [0.4, 0.5) is 0 Å². The Morgan fingerprint density at radius 3 is 1.23 bits per heavy atom. The van der Waals surface area contributed by atoms with Crippen LogP contribution in [0.2, 0.25) is 0 Å². The molecular formula is C29H28O10. The van der Waals surface area contributed by atoms with Crippen LogP contribution in [0, 0.1) is 0 Å². The number of phenols is 4. The Morgan fingerprint density at radius 2 is 0.949 bits per heavy atom. The summed E-state index contributed by atoms with van der Waals surface area (Å²) < 4.78 is 0. The van der Waals surface area contributed by atoms with Crippen molar-refractivity contribution in [3.05, 3.63) is 56.7 Å². The van der Waals surface area contributed by atoms with Crippen LogP contribution in [0.15, 0.2) is 23.3 Å². The van der Waals surface area contributed by atoms with Gasteiger partial charge in [0.05, 0.1) is 22.0 Å². The fourth-order valence-corrected chi connectivity index (χ4v) is 5.49. The summed E-state index contributed by atoms with van der Waals surface area (Å²) in [7, 11) is 0. The molecule has 2 aromatic carbocycles. The Kier molecular flexibility index (Phi) is 5.95. The third-order valence-electron chi connectivity index (χ3n) is 7.69. The monoisotopic (exact) mass is 536 g/mol. The van der Waals surface area contributed by atoms with Gasteiger partial charge in [-0.1, -0.05) is 0 Å². The summed E-state index contributed by atoms with van der Waals surface area (Å²) in [5.41, 5.74) is -4.98. The molecule has 6 N–H and O–H groups in total. The molecule has 0 aromatic heterocycles. The van der Waals surface area contributed by atoms with Crippen LogP contribution < -0.4 is 0 Å². The normalized spacial score (nSPS) is 17.7. The van der Waals surface area contributed by atoms with Crippen molar-refractivity contribution in [2.75, 3.05) is 0 Å². The molecule has 2 aromatic rings. The average molecular weight is 537 g/mol. The topological polar surface area (TPSA) is 190 Å². The summed E-state index contributed by atoms with van der Waals surface area (Å²) in [6.45, 7) is 8.08. The summed E-state index contributed by atoms with van der Waals surface area (Å²) in [6.07, 6.45) is -0.632. The molecular weight excluding hydrogens is 508 g/mol. The highest BCUT2D eigenvalue weighted by Crippen LogP contribution is 2.51. The zero-order chi connectivity index (χ0) is 29.5. The summed E-state index contributed by atoms with van der Waals surface area (Å²) in [6, 6.07) is 2.23. The smallest absolute Gasteiger partial charge is 0.172 e. The summed E-state index contributed by atoms with van der Waals surface area (Å²) in [5.74, 6) is -6.88. The standard InChI is InChI=1S/C29H28O10/c1-10(30)18-16(32)8-14-20(24(18)36)22(34)12(26(38)28(14,3)4)7-13-23(35)21-15(29(5,6)27(13)39)9-17(33)19(11(2)31)25(21)37/h8-9,32-37H,7H2,1-6H3. The van der Waals surface area contributed by atoms with E-state index in [0.29, 0.717) is 0 Å². The van der Waals surface area contributed by atoms with Crippen molar-refractivity contribution < 1.29 is 49.8 Å². The van der Waals surface area contributed by atoms with Gasteiger partial charge in [0.2, 0.25) is 0 Å². The van der Waals surface area contributed by atoms with E-state index < -0.39 is 86.0 Å². The number of phenolic OH excluding ortho intramolecular Hbond substituents is 4. The number of fused-ring (bicyclic) bond motifs is 2. The lowest BCUT2D eigenvalue weighted by molar-refractivity contribution is -0.120.